The van der Waals surface area contributed by atoms with Crippen LogP contribution < -0.4 is 0 Å². The van der Waals surface area contributed by atoms with Crippen LogP contribution in [0.3, 0.4) is 0 Å². The number of hydrogen-bond donors (Lipinski definition) is 1. The van der Waals surface area contributed by atoms with Crippen molar-refractivity contribution in [3.63, 3.8) is 0 Å². The summed E-state index contributed by atoms with van der Waals surface area (Å²) in [5.41, 5.74) is 0.434. The zero-order valence-electron chi connectivity index (χ0n) is 10.1. The summed E-state index contributed by atoms with van der Waals surface area (Å²) >= 11 is 0. The molecule has 0 bridgehead atoms. The molecule has 2 nitrogen and oxygen atoms in total. The average Bonchev–Trinajstić information content (AvgIpc) is 2.28. The maximum Gasteiger partial charge on any atom is 0.126 e. The predicted molar refractivity (Wildman–Crippen MR) is 61.5 cm³/mol. The summed E-state index contributed by atoms with van der Waals surface area (Å²) in [7, 11) is 0. The Hall–Kier alpha value is -1.00. The summed E-state index contributed by atoms with van der Waals surface area (Å²) < 4.78 is 31.3. The first kappa shape index (κ1) is 14.1. The smallest absolute Gasteiger partial charge is 0.126 e. The third-order valence-corrected chi connectivity index (χ3v) is 2.84. The second kappa shape index (κ2) is 6.67. The highest BCUT2D eigenvalue weighted by Gasteiger charge is 2.15. The van der Waals surface area contributed by atoms with Crippen molar-refractivity contribution in [2.75, 3.05) is 6.61 Å². The molecule has 1 aromatic carbocycles. The van der Waals surface area contributed by atoms with Crippen molar-refractivity contribution in [1.29, 1.82) is 0 Å². The van der Waals surface area contributed by atoms with Crippen LogP contribution in [0.1, 0.15) is 25.8 Å². The molecule has 4 heteroatoms. The maximum atomic E-state index is 12.9. The summed E-state index contributed by atoms with van der Waals surface area (Å²) in [6, 6.07) is 3.28. The van der Waals surface area contributed by atoms with Gasteiger partial charge in [0, 0.05) is 6.07 Å². The molecule has 0 spiro atoms. The molecule has 96 valence electrons. The SMILES string of the molecule is CC[C@H](C)[C@@H](CO)OCc1cc(F)cc(F)c1. The monoisotopic (exact) mass is 244 g/mol. The Kier molecular flexibility index (Phi) is 5.51. The fourth-order valence-electron chi connectivity index (χ4n) is 1.56. The van der Waals surface area contributed by atoms with Crippen molar-refractivity contribution >= 4 is 0 Å². The molecular formula is C13H18F2O2. The first-order chi connectivity index (χ1) is 8.06. The molecule has 0 aliphatic carbocycles. The lowest BCUT2D eigenvalue weighted by atomic mass is 10.0. The molecule has 0 saturated carbocycles. The second-order valence-corrected chi connectivity index (χ2v) is 4.20. The van der Waals surface area contributed by atoms with Crippen LogP contribution in [0, 0.1) is 17.6 Å². The number of aliphatic hydroxyl groups is 1. The molecule has 0 aliphatic rings. The normalized spacial score (nSPS) is 14.6. The highest BCUT2D eigenvalue weighted by Crippen LogP contribution is 2.15. The quantitative estimate of drug-likeness (QED) is 0.833. The van der Waals surface area contributed by atoms with Gasteiger partial charge in [-0.3, -0.25) is 0 Å². The van der Waals surface area contributed by atoms with Gasteiger partial charge in [-0.25, -0.2) is 8.78 Å². The van der Waals surface area contributed by atoms with E-state index in [1.807, 2.05) is 13.8 Å². The highest BCUT2D eigenvalue weighted by molar-refractivity contribution is 5.16. The van der Waals surface area contributed by atoms with Crippen molar-refractivity contribution in [2.45, 2.75) is 33.0 Å². The van der Waals surface area contributed by atoms with E-state index in [-0.39, 0.29) is 25.2 Å². The standard InChI is InChI=1S/C13H18F2O2/c1-3-9(2)13(7-16)17-8-10-4-11(14)6-12(15)5-10/h4-6,9,13,16H,3,7-8H2,1-2H3/t9-,13+/m0/s1. The fraction of sp³-hybridized carbons (Fsp3) is 0.538. The molecule has 0 heterocycles. The third kappa shape index (κ3) is 4.40. The summed E-state index contributed by atoms with van der Waals surface area (Å²) in [4.78, 5) is 0. The Bertz CT molecular complexity index is 335. The van der Waals surface area contributed by atoms with Gasteiger partial charge >= 0.3 is 0 Å². The van der Waals surface area contributed by atoms with Gasteiger partial charge in [0.25, 0.3) is 0 Å². The second-order valence-electron chi connectivity index (χ2n) is 4.20. The molecule has 0 aromatic heterocycles. The fourth-order valence-corrected chi connectivity index (χ4v) is 1.56. The van der Waals surface area contributed by atoms with Crippen molar-refractivity contribution in [3.8, 4) is 0 Å². The van der Waals surface area contributed by atoms with Gasteiger partial charge in [-0.1, -0.05) is 20.3 Å². The zero-order chi connectivity index (χ0) is 12.8. The van der Waals surface area contributed by atoms with Gasteiger partial charge in [0.2, 0.25) is 0 Å². The van der Waals surface area contributed by atoms with E-state index in [1.165, 1.54) is 12.1 Å². The van der Waals surface area contributed by atoms with Gasteiger partial charge in [-0.05, 0) is 23.6 Å². The number of ether oxygens (including phenoxy) is 1. The van der Waals surface area contributed by atoms with Crippen LogP contribution in [0.15, 0.2) is 18.2 Å². The molecule has 0 fully saturated rings. The van der Waals surface area contributed by atoms with Gasteiger partial charge in [-0.15, -0.1) is 0 Å². The van der Waals surface area contributed by atoms with E-state index in [0.29, 0.717) is 5.56 Å². The predicted octanol–water partition coefficient (Wildman–Crippen LogP) is 2.89. The van der Waals surface area contributed by atoms with E-state index in [2.05, 4.69) is 0 Å². The van der Waals surface area contributed by atoms with Gasteiger partial charge in [0.05, 0.1) is 19.3 Å². The summed E-state index contributed by atoms with van der Waals surface area (Å²) in [5.74, 6) is -1.03. The zero-order valence-corrected chi connectivity index (χ0v) is 10.1. The minimum atomic E-state index is -0.618. The van der Waals surface area contributed by atoms with E-state index in [9.17, 15) is 8.78 Å². The van der Waals surface area contributed by atoms with E-state index in [1.54, 1.807) is 0 Å². The number of rotatable bonds is 6. The molecule has 1 aromatic rings. The Morgan fingerprint density at radius 2 is 1.82 bits per heavy atom. The summed E-state index contributed by atoms with van der Waals surface area (Å²) in [6.45, 7) is 3.97. The van der Waals surface area contributed by atoms with Crippen LogP contribution in [-0.4, -0.2) is 17.8 Å². The molecule has 0 radical (unpaired) electrons. The van der Waals surface area contributed by atoms with Crippen molar-refractivity contribution < 1.29 is 18.6 Å². The molecule has 0 aliphatic heterocycles. The third-order valence-electron chi connectivity index (χ3n) is 2.84. The van der Waals surface area contributed by atoms with Crippen LogP contribution in [0.5, 0.6) is 0 Å². The average molecular weight is 244 g/mol. The molecule has 1 rings (SSSR count). The molecule has 0 amide bonds. The minimum absolute atomic E-state index is 0.0905. The first-order valence-electron chi connectivity index (χ1n) is 5.74. The van der Waals surface area contributed by atoms with E-state index >= 15 is 0 Å². The lowest BCUT2D eigenvalue weighted by Crippen LogP contribution is -2.25. The molecular weight excluding hydrogens is 226 g/mol. The van der Waals surface area contributed by atoms with Crippen molar-refractivity contribution in [3.05, 3.63) is 35.4 Å². The van der Waals surface area contributed by atoms with E-state index < -0.39 is 11.6 Å². The van der Waals surface area contributed by atoms with E-state index in [0.717, 1.165) is 12.5 Å². The highest BCUT2D eigenvalue weighted by atomic mass is 19.1. The Labute approximate surface area is 100 Å². The van der Waals surface area contributed by atoms with Crippen LogP contribution >= 0.6 is 0 Å². The molecule has 2 atom stereocenters. The van der Waals surface area contributed by atoms with Crippen molar-refractivity contribution in [2.24, 2.45) is 5.92 Å². The van der Waals surface area contributed by atoms with Crippen molar-refractivity contribution in [1.82, 2.24) is 0 Å². The number of aliphatic hydroxyl groups excluding tert-OH is 1. The topological polar surface area (TPSA) is 29.5 Å². The largest absolute Gasteiger partial charge is 0.394 e. The summed E-state index contributed by atoms with van der Waals surface area (Å²) in [6.07, 6.45) is 0.578. The first-order valence-corrected chi connectivity index (χ1v) is 5.74. The maximum absolute atomic E-state index is 12.9. The number of hydrogen-bond acceptors (Lipinski definition) is 2. The Morgan fingerprint density at radius 1 is 1.24 bits per heavy atom. The van der Waals surface area contributed by atoms with Gasteiger partial charge in [0.1, 0.15) is 11.6 Å². The molecule has 1 N–H and O–H groups in total. The van der Waals surface area contributed by atoms with Crippen LogP contribution in [0.25, 0.3) is 0 Å². The minimum Gasteiger partial charge on any atom is -0.394 e. The lowest BCUT2D eigenvalue weighted by molar-refractivity contribution is -0.0293. The van der Waals surface area contributed by atoms with Gasteiger partial charge in [0.15, 0.2) is 0 Å². The van der Waals surface area contributed by atoms with Crippen LogP contribution in [-0.2, 0) is 11.3 Å². The molecule has 0 unspecified atom stereocenters. The van der Waals surface area contributed by atoms with E-state index in [4.69, 9.17) is 9.84 Å². The van der Waals surface area contributed by atoms with Gasteiger partial charge < -0.3 is 9.84 Å². The molecule has 17 heavy (non-hydrogen) atoms. The Morgan fingerprint density at radius 3 is 2.29 bits per heavy atom. The number of halogens is 2. The summed E-state index contributed by atoms with van der Waals surface area (Å²) in [5, 5.41) is 9.14. The lowest BCUT2D eigenvalue weighted by Gasteiger charge is -2.21. The number of benzene rings is 1. The van der Waals surface area contributed by atoms with Gasteiger partial charge in [-0.2, -0.15) is 0 Å². The molecule has 0 saturated heterocycles. The Balaban J connectivity index is 2.59. The van der Waals surface area contributed by atoms with Crippen LogP contribution in [0.2, 0.25) is 0 Å². The van der Waals surface area contributed by atoms with Crippen LogP contribution in [0.4, 0.5) is 8.78 Å².